The molecule has 0 fully saturated rings. The smallest absolute Gasteiger partial charge is 0.339 e. The molecule has 1 rings (SSSR count). The predicted octanol–water partition coefficient (Wildman–Crippen LogP) is 2.03. The Bertz CT molecular complexity index is 599. The highest BCUT2D eigenvalue weighted by Gasteiger charge is 2.18. The van der Waals surface area contributed by atoms with Gasteiger partial charge in [-0.2, -0.15) is 0 Å². The molecule has 21 heavy (non-hydrogen) atoms. The molecular weight excluding hydrogens is 318 g/mol. The molecule has 0 atom stereocenters. The first-order valence-electron chi connectivity index (χ1n) is 6.46. The van der Waals surface area contributed by atoms with Crippen molar-refractivity contribution in [3.63, 3.8) is 0 Å². The predicted molar refractivity (Wildman–Crippen MR) is 79.7 cm³/mol. The lowest BCUT2D eigenvalue weighted by Crippen LogP contribution is -2.28. The van der Waals surface area contributed by atoms with E-state index in [1.54, 1.807) is 0 Å². The minimum atomic E-state index is -3.97. The second-order valence-electron chi connectivity index (χ2n) is 4.28. The third-order valence-corrected chi connectivity index (χ3v) is 4.37. The number of aromatic carboxylic acids is 1. The van der Waals surface area contributed by atoms with Crippen LogP contribution < -0.4 is 4.74 Å². The molecular formula is C13H18ClNO5S. The quantitative estimate of drug-likeness (QED) is 0.732. The van der Waals surface area contributed by atoms with Crippen LogP contribution >= 0.6 is 10.7 Å². The first kappa shape index (κ1) is 17.7. The van der Waals surface area contributed by atoms with Gasteiger partial charge in [-0.3, -0.25) is 0 Å². The van der Waals surface area contributed by atoms with E-state index in [-0.39, 0.29) is 16.2 Å². The first-order valence-corrected chi connectivity index (χ1v) is 8.77. The number of carboxylic acid groups (broad SMARTS) is 1. The van der Waals surface area contributed by atoms with E-state index in [0.29, 0.717) is 13.2 Å². The van der Waals surface area contributed by atoms with Crippen molar-refractivity contribution in [2.45, 2.75) is 18.7 Å². The molecule has 0 heterocycles. The van der Waals surface area contributed by atoms with Gasteiger partial charge in [-0.05, 0) is 31.3 Å². The number of carbonyl (C=O) groups is 1. The first-order chi connectivity index (χ1) is 9.79. The molecule has 0 amide bonds. The molecule has 118 valence electrons. The van der Waals surface area contributed by atoms with E-state index >= 15 is 0 Å². The van der Waals surface area contributed by atoms with Crippen LogP contribution in [0.4, 0.5) is 0 Å². The average Bonchev–Trinajstić information content (AvgIpc) is 2.42. The van der Waals surface area contributed by atoms with Crippen LogP contribution in [-0.4, -0.2) is 50.6 Å². The zero-order valence-electron chi connectivity index (χ0n) is 11.9. The van der Waals surface area contributed by atoms with Gasteiger partial charge in [0.2, 0.25) is 0 Å². The van der Waals surface area contributed by atoms with Crippen molar-refractivity contribution in [3.05, 3.63) is 23.8 Å². The third-order valence-electron chi connectivity index (χ3n) is 3.02. The van der Waals surface area contributed by atoms with E-state index in [9.17, 15) is 13.2 Å². The van der Waals surface area contributed by atoms with Gasteiger partial charge < -0.3 is 14.7 Å². The van der Waals surface area contributed by atoms with Crippen LogP contribution in [0.2, 0.25) is 0 Å². The number of nitrogens with zero attached hydrogens (tertiary/aromatic N) is 1. The summed E-state index contributed by atoms with van der Waals surface area (Å²) in [7, 11) is 1.23. The van der Waals surface area contributed by atoms with Crippen LogP contribution in [0, 0.1) is 0 Å². The highest BCUT2D eigenvalue weighted by molar-refractivity contribution is 8.13. The number of carboxylic acids is 1. The molecule has 1 N–H and O–H groups in total. The van der Waals surface area contributed by atoms with E-state index in [0.717, 1.165) is 19.2 Å². The van der Waals surface area contributed by atoms with Crippen molar-refractivity contribution in [3.8, 4) is 5.75 Å². The zero-order chi connectivity index (χ0) is 16.0. The molecule has 0 aliphatic rings. The molecule has 0 spiro atoms. The minimum absolute atomic E-state index is 0.124. The van der Waals surface area contributed by atoms with Crippen molar-refractivity contribution in [1.29, 1.82) is 0 Å². The Morgan fingerprint density at radius 2 is 1.95 bits per heavy atom. The fourth-order valence-electron chi connectivity index (χ4n) is 1.78. The molecule has 0 aliphatic carbocycles. The van der Waals surface area contributed by atoms with Crippen LogP contribution in [0.15, 0.2) is 23.1 Å². The molecule has 6 nitrogen and oxygen atoms in total. The van der Waals surface area contributed by atoms with Gasteiger partial charge >= 0.3 is 5.97 Å². The largest absolute Gasteiger partial charge is 0.491 e. The average molecular weight is 336 g/mol. The summed E-state index contributed by atoms with van der Waals surface area (Å²) in [5, 5.41) is 9.13. The maximum absolute atomic E-state index is 11.2. The summed E-state index contributed by atoms with van der Waals surface area (Å²) in [6, 6.07) is 3.53. The van der Waals surface area contributed by atoms with E-state index in [2.05, 4.69) is 4.90 Å². The number of hydrogen-bond acceptors (Lipinski definition) is 5. The van der Waals surface area contributed by atoms with E-state index in [1.807, 2.05) is 13.8 Å². The number of benzene rings is 1. The lowest BCUT2D eigenvalue weighted by Gasteiger charge is -2.18. The Morgan fingerprint density at radius 3 is 2.43 bits per heavy atom. The number of hydrogen-bond donors (Lipinski definition) is 1. The second-order valence-corrected chi connectivity index (χ2v) is 6.84. The summed E-state index contributed by atoms with van der Waals surface area (Å²) in [5.41, 5.74) is -0.226. The number of likely N-dealkylation sites (N-methyl/N-ethyl adjacent to an activating group) is 1. The lowest BCUT2D eigenvalue weighted by atomic mass is 10.2. The second kappa shape index (κ2) is 7.63. The van der Waals surface area contributed by atoms with Crippen LogP contribution in [-0.2, 0) is 9.05 Å². The van der Waals surface area contributed by atoms with Crippen LogP contribution in [0.3, 0.4) is 0 Å². The molecule has 0 unspecified atom stereocenters. The fourth-order valence-corrected chi connectivity index (χ4v) is 2.56. The summed E-state index contributed by atoms with van der Waals surface area (Å²) in [4.78, 5) is 13.0. The van der Waals surface area contributed by atoms with Gasteiger partial charge in [-0.25, -0.2) is 13.2 Å². The van der Waals surface area contributed by atoms with E-state index in [1.165, 1.54) is 12.1 Å². The van der Waals surface area contributed by atoms with Gasteiger partial charge in [-0.1, -0.05) is 13.8 Å². The molecule has 0 aliphatic heterocycles. The Labute approximate surface area is 128 Å². The Morgan fingerprint density at radius 1 is 1.33 bits per heavy atom. The maximum atomic E-state index is 11.2. The molecule has 0 aromatic heterocycles. The molecule has 0 saturated heterocycles. The molecule has 1 aromatic carbocycles. The fraction of sp³-hybridized carbons (Fsp3) is 0.462. The van der Waals surface area contributed by atoms with E-state index < -0.39 is 15.0 Å². The van der Waals surface area contributed by atoms with Gasteiger partial charge in [0, 0.05) is 17.2 Å². The van der Waals surface area contributed by atoms with Gasteiger partial charge in [-0.15, -0.1) is 0 Å². The molecule has 0 radical (unpaired) electrons. The van der Waals surface area contributed by atoms with Gasteiger partial charge in [0.05, 0.1) is 4.90 Å². The summed E-state index contributed by atoms with van der Waals surface area (Å²) < 4.78 is 27.9. The zero-order valence-corrected chi connectivity index (χ0v) is 13.4. The molecule has 0 bridgehead atoms. The topological polar surface area (TPSA) is 83.9 Å². The van der Waals surface area contributed by atoms with Gasteiger partial charge in [0.15, 0.2) is 0 Å². The Balaban J connectivity index is 2.90. The maximum Gasteiger partial charge on any atom is 0.339 e. The van der Waals surface area contributed by atoms with Gasteiger partial charge in [0.1, 0.15) is 17.9 Å². The number of rotatable bonds is 8. The Hall–Kier alpha value is -1.31. The summed E-state index contributed by atoms with van der Waals surface area (Å²) in [5.74, 6) is -1.14. The highest BCUT2D eigenvalue weighted by atomic mass is 35.7. The van der Waals surface area contributed by atoms with E-state index in [4.69, 9.17) is 20.5 Å². The molecule has 1 aromatic rings. The molecule has 8 heteroatoms. The standard InChI is InChI=1S/C13H18ClNO5S/c1-3-15(4-2)7-8-20-12-6-5-10(21(14,18)19)9-11(12)13(16)17/h5-6,9H,3-4,7-8H2,1-2H3,(H,16,17). The summed E-state index contributed by atoms with van der Waals surface area (Å²) in [6.07, 6.45) is 0. The highest BCUT2D eigenvalue weighted by Crippen LogP contribution is 2.24. The number of ether oxygens (including phenoxy) is 1. The molecule has 0 saturated carbocycles. The third kappa shape index (κ3) is 5.18. The Kier molecular flexibility index (Phi) is 6.44. The normalized spacial score (nSPS) is 11.6. The van der Waals surface area contributed by atoms with Crippen molar-refractivity contribution < 1.29 is 23.1 Å². The van der Waals surface area contributed by atoms with Crippen molar-refractivity contribution in [2.75, 3.05) is 26.2 Å². The van der Waals surface area contributed by atoms with Crippen LogP contribution in [0.25, 0.3) is 0 Å². The van der Waals surface area contributed by atoms with Crippen molar-refractivity contribution in [2.24, 2.45) is 0 Å². The van der Waals surface area contributed by atoms with Crippen LogP contribution in [0.1, 0.15) is 24.2 Å². The monoisotopic (exact) mass is 335 g/mol. The van der Waals surface area contributed by atoms with Crippen LogP contribution in [0.5, 0.6) is 5.75 Å². The van der Waals surface area contributed by atoms with Crippen molar-refractivity contribution >= 4 is 25.7 Å². The minimum Gasteiger partial charge on any atom is -0.491 e. The van der Waals surface area contributed by atoms with Gasteiger partial charge in [0.25, 0.3) is 9.05 Å². The number of halogens is 1. The summed E-state index contributed by atoms with van der Waals surface area (Å²) >= 11 is 0. The lowest BCUT2D eigenvalue weighted by molar-refractivity contribution is 0.0691. The SMILES string of the molecule is CCN(CC)CCOc1ccc(S(=O)(=O)Cl)cc1C(=O)O. The van der Waals surface area contributed by atoms with Crippen molar-refractivity contribution in [1.82, 2.24) is 4.90 Å². The summed E-state index contributed by atoms with van der Waals surface area (Å²) in [6.45, 7) is 6.75.